The van der Waals surface area contributed by atoms with Gasteiger partial charge >= 0.3 is 0 Å². The molecule has 0 aliphatic heterocycles. The summed E-state index contributed by atoms with van der Waals surface area (Å²) < 4.78 is 1.64. The Labute approximate surface area is 128 Å². The average molecular weight is 292 g/mol. The summed E-state index contributed by atoms with van der Waals surface area (Å²) in [6.07, 6.45) is 2.34. The van der Waals surface area contributed by atoms with Crippen molar-refractivity contribution >= 4 is 22.6 Å². The lowest BCUT2D eigenvalue weighted by Gasteiger charge is -2.05. The number of nitrogens with zero attached hydrogens (tertiary/aromatic N) is 3. The Bertz CT molecular complexity index is 864. The lowest BCUT2D eigenvalue weighted by Crippen LogP contribution is -2.16. The number of carbonyl (C=O) groups excluding carboxylic acids is 1. The number of pyridine rings is 1. The fourth-order valence-corrected chi connectivity index (χ4v) is 2.60. The second-order valence-corrected chi connectivity index (χ2v) is 5.70. The molecule has 1 N–H and O–H groups in total. The molecule has 0 unspecified atom stereocenters. The zero-order chi connectivity index (χ0) is 15.1. The molecule has 1 amide bonds. The van der Waals surface area contributed by atoms with Crippen LogP contribution in [-0.2, 0) is 7.05 Å². The Morgan fingerprint density at radius 2 is 2.05 bits per heavy atom. The van der Waals surface area contributed by atoms with E-state index in [2.05, 4.69) is 15.4 Å². The van der Waals surface area contributed by atoms with E-state index in [1.54, 1.807) is 11.7 Å². The molecule has 22 heavy (non-hydrogen) atoms. The first kappa shape index (κ1) is 13.0. The molecule has 0 radical (unpaired) electrons. The maximum Gasteiger partial charge on any atom is 0.275 e. The Morgan fingerprint density at radius 1 is 1.23 bits per heavy atom. The zero-order valence-corrected chi connectivity index (χ0v) is 12.3. The number of anilines is 1. The normalized spacial score (nSPS) is 14.2. The SMILES string of the molecule is Cn1nc(C2CC2)cc1C(=O)Nc1ccc2ccccc2n1. The maximum atomic E-state index is 12.4. The summed E-state index contributed by atoms with van der Waals surface area (Å²) in [4.78, 5) is 16.9. The number of hydrogen-bond donors (Lipinski definition) is 1. The number of amides is 1. The number of rotatable bonds is 3. The molecule has 0 atom stereocenters. The Kier molecular flexibility index (Phi) is 2.92. The van der Waals surface area contributed by atoms with E-state index in [1.807, 2.05) is 42.5 Å². The van der Waals surface area contributed by atoms with Gasteiger partial charge in [0.2, 0.25) is 0 Å². The summed E-state index contributed by atoms with van der Waals surface area (Å²) in [7, 11) is 1.80. The quantitative estimate of drug-likeness (QED) is 0.807. The third-order valence-corrected chi connectivity index (χ3v) is 3.97. The molecule has 5 nitrogen and oxygen atoms in total. The standard InChI is InChI=1S/C17H16N4O/c1-21-15(10-14(20-21)12-6-7-12)17(22)19-16-9-8-11-4-2-3-5-13(11)18-16/h2-5,8-10,12H,6-7H2,1H3,(H,18,19,22). The number of benzene rings is 1. The van der Waals surface area contributed by atoms with E-state index in [9.17, 15) is 4.79 Å². The van der Waals surface area contributed by atoms with Gasteiger partial charge < -0.3 is 5.32 Å². The highest BCUT2D eigenvalue weighted by Gasteiger charge is 2.28. The number of nitrogens with one attached hydrogen (secondary N) is 1. The fraction of sp³-hybridized carbons (Fsp3) is 0.235. The van der Waals surface area contributed by atoms with E-state index >= 15 is 0 Å². The molecule has 1 aromatic carbocycles. The molecule has 0 saturated heterocycles. The van der Waals surface area contributed by atoms with Crippen LogP contribution < -0.4 is 5.32 Å². The number of hydrogen-bond acceptors (Lipinski definition) is 3. The zero-order valence-electron chi connectivity index (χ0n) is 12.3. The second kappa shape index (κ2) is 4.94. The van der Waals surface area contributed by atoms with Gasteiger partial charge in [-0.05, 0) is 37.1 Å². The Hall–Kier alpha value is -2.69. The van der Waals surface area contributed by atoms with Crippen LogP contribution in [0.15, 0.2) is 42.5 Å². The average Bonchev–Trinajstić information content (AvgIpc) is 3.30. The van der Waals surface area contributed by atoms with Crippen molar-refractivity contribution in [3.63, 3.8) is 0 Å². The van der Waals surface area contributed by atoms with E-state index in [-0.39, 0.29) is 5.91 Å². The number of aryl methyl sites for hydroxylation is 1. The lowest BCUT2D eigenvalue weighted by molar-refractivity contribution is 0.101. The van der Waals surface area contributed by atoms with Crippen LogP contribution in [0.5, 0.6) is 0 Å². The van der Waals surface area contributed by atoms with E-state index in [0.29, 0.717) is 17.4 Å². The maximum absolute atomic E-state index is 12.4. The predicted octanol–water partition coefficient (Wildman–Crippen LogP) is 3.10. The number of aromatic nitrogens is 3. The molecule has 1 aliphatic rings. The van der Waals surface area contributed by atoms with Gasteiger partial charge in [0.05, 0.1) is 11.2 Å². The van der Waals surface area contributed by atoms with Gasteiger partial charge in [0.25, 0.3) is 5.91 Å². The Balaban J connectivity index is 1.59. The highest BCUT2D eigenvalue weighted by atomic mass is 16.2. The van der Waals surface area contributed by atoms with Crippen molar-refractivity contribution in [3.05, 3.63) is 53.9 Å². The third kappa shape index (κ3) is 2.35. The van der Waals surface area contributed by atoms with Crippen LogP contribution in [0.25, 0.3) is 10.9 Å². The van der Waals surface area contributed by atoms with Crippen LogP contribution in [0.4, 0.5) is 5.82 Å². The third-order valence-electron chi connectivity index (χ3n) is 3.97. The topological polar surface area (TPSA) is 59.8 Å². The number of para-hydroxylation sites is 1. The van der Waals surface area contributed by atoms with Gasteiger partial charge in [0.1, 0.15) is 11.5 Å². The van der Waals surface area contributed by atoms with Gasteiger partial charge in [-0.15, -0.1) is 0 Å². The Morgan fingerprint density at radius 3 is 2.86 bits per heavy atom. The van der Waals surface area contributed by atoms with E-state index in [4.69, 9.17) is 0 Å². The second-order valence-electron chi connectivity index (χ2n) is 5.70. The van der Waals surface area contributed by atoms with Crippen LogP contribution in [0.2, 0.25) is 0 Å². The molecule has 0 spiro atoms. The molecule has 1 fully saturated rings. The van der Waals surface area contributed by atoms with Crippen molar-refractivity contribution in [1.29, 1.82) is 0 Å². The van der Waals surface area contributed by atoms with Gasteiger partial charge in [-0.25, -0.2) is 4.98 Å². The van der Waals surface area contributed by atoms with Crippen LogP contribution in [-0.4, -0.2) is 20.7 Å². The van der Waals surface area contributed by atoms with E-state index in [1.165, 1.54) is 12.8 Å². The van der Waals surface area contributed by atoms with Gasteiger partial charge in [0, 0.05) is 18.4 Å². The first-order valence-electron chi connectivity index (χ1n) is 7.42. The molecule has 2 aromatic heterocycles. The molecule has 4 rings (SSSR count). The lowest BCUT2D eigenvalue weighted by atomic mass is 10.2. The summed E-state index contributed by atoms with van der Waals surface area (Å²) in [6, 6.07) is 13.5. The first-order valence-corrected chi connectivity index (χ1v) is 7.42. The van der Waals surface area contributed by atoms with Gasteiger partial charge in [-0.1, -0.05) is 18.2 Å². The molecule has 0 bridgehead atoms. The van der Waals surface area contributed by atoms with Crippen molar-refractivity contribution in [2.45, 2.75) is 18.8 Å². The monoisotopic (exact) mass is 292 g/mol. The minimum absolute atomic E-state index is 0.176. The summed E-state index contributed by atoms with van der Waals surface area (Å²) in [5.74, 6) is 0.911. The van der Waals surface area contributed by atoms with Gasteiger partial charge in [-0.2, -0.15) is 5.10 Å². The van der Waals surface area contributed by atoms with Crippen LogP contribution >= 0.6 is 0 Å². The molecule has 3 aromatic rings. The largest absolute Gasteiger partial charge is 0.305 e. The molecule has 2 heterocycles. The van der Waals surface area contributed by atoms with Gasteiger partial charge in [-0.3, -0.25) is 9.48 Å². The van der Waals surface area contributed by atoms with Crippen molar-refractivity contribution < 1.29 is 4.79 Å². The molecular weight excluding hydrogens is 276 g/mol. The summed E-state index contributed by atoms with van der Waals surface area (Å²) in [6.45, 7) is 0. The molecule has 1 saturated carbocycles. The molecule has 5 heteroatoms. The van der Waals surface area contributed by atoms with E-state index < -0.39 is 0 Å². The summed E-state index contributed by atoms with van der Waals surface area (Å²) in [5, 5.41) is 8.33. The number of fused-ring (bicyclic) bond motifs is 1. The molecule has 1 aliphatic carbocycles. The smallest absolute Gasteiger partial charge is 0.275 e. The van der Waals surface area contributed by atoms with Crippen molar-refractivity contribution in [2.24, 2.45) is 7.05 Å². The molecule has 110 valence electrons. The van der Waals surface area contributed by atoms with Crippen molar-refractivity contribution in [3.8, 4) is 0 Å². The summed E-state index contributed by atoms with van der Waals surface area (Å²) >= 11 is 0. The highest BCUT2D eigenvalue weighted by Crippen LogP contribution is 2.39. The van der Waals surface area contributed by atoms with Crippen LogP contribution in [0.1, 0.15) is 34.9 Å². The van der Waals surface area contributed by atoms with Crippen LogP contribution in [0.3, 0.4) is 0 Å². The highest BCUT2D eigenvalue weighted by molar-refractivity contribution is 6.03. The van der Waals surface area contributed by atoms with Crippen LogP contribution in [0, 0.1) is 0 Å². The number of carbonyl (C=O) groups is 1. The fourth-order valence-electron chi connectivity index (χ4n) is 2.60. The molecular formula is C17H16N4O. The predicted molar refractivity (Wildman–Crippen MR) is 84.9 cm³/mol. The first-order chi connectivity index (χ1) is 10.7. The van der Waals surface area contributed by atoms with Crippen molar-refractivity contribution in [2.75, 3.05) is 5.32 Å². The minimum Gasteiger partial charge on any atom is -0.305 e. The van der Waals surface area contributed by atoms with Gasteiger partial charge in [0.15, 0.2) is 0 Å². The minimum atomic E-state index is -0.176. The van der Waals surface area contributed by atoms with Crippen molar-refractivity contribution in [1.82, 2.24) is 14.8 Å². The summed E-state index contributed by atoms with van der Waals surface area (Å²) in [5.41, 5.74) is 2.44. The van der Waals surface area contributed by atoms with E-state index in [0.717, 1.165) is 16.6 Å².